The average Bonchev–Trinajstić information content (AvgIpc) is 3.60. The van der Waals surface area contributed by atoms with Gasteiger partial charge in [0, 0.05) is 5.56 Å². The molecule has 4 aromatic rings. The second kappa shape index (κ2) is 12.4. The third-order valence-electron chi connectivity index (χ3n) is 5.98. The van der Waals surface area contributed by atoms with Crippen LogP contribution in [0.4, 0.5) is 23.7 Å². The van der Waals surface area contributed by atoms with Gasteiger partial charge in [-0.1, -0.05) is 36.0 Å². The number of hydrogen-bond acceptors (Lipinski definition) is 8. The van der Waals surface area contributed by atoms with Crippen molar-refractivity contribution in [2.24, 2.45) is 10.1 Å². The Morgan fingerprint density at radius 1 is 1.07 bits per heavy atom. The van der Waals surface area contributed by atoms with Gasteiger partial charge in [0.25, 0.3) is 0 Å². The number of methoxy groups -OCH3 is 1. The molecule has 0 unspecified atom stereocenters. The first kappa shape index (κ1) is 29.3. The number of thioether (sulfide) groups is 1. The van der Waals surface area contributed by atoms with Crippen LogP contribution in [0.5, 0.6) is 11.5 Å². The van der Waals surface area contributed by atoms with Gasteiger partial charge in [-0.25, -0.2) is 19.9 Å². The molecule has 3 aromatic carbocycles. The molecule has 0 bridgehead atoms. The molecule has 2 heterocycles. The van der Waals surface area contributed by atoms with E-state index < -0.39 is 12.4 Å². The standard InChI is InChI=1S/C28H22F3N7O4S/c1-17-13-22(41-2)11-12-23(17)38-24(39)15-43-27(38)34-26(40)35-33-14-18-3-5-19(6-4-18)25-32-16-37(36-25)20-7-9-21(10-8-20)42-28(29,30)31/h3-14,16H,15H2,1-2H3,(H,35,40)/b33-14+,34-27?. The topological polar surface area (TPSA) is 123 Å². The molecule has 1 saturated heterocycles. The summed E-state index contributed by atoms with van der Waals surface area (Å²) in [6.07, 6.45) is -1.90. The van der Waals surface area contributed by atoms with E-state index in [2.05, 4.69) is 30.3 Å². The number of amides is 3. The number of benzene rings is 3. The largest absolute Gasteiger partial charge is 0.573 e. The highest BCUT2D eigenvalue weighted by Gasteiger charge is 2.32. The summed E-state index contributed by atoms with van der Waals surface area (Å²) >= 11 is 1.15. The Hall–Kier alpha value is -5.18. The number of hydrazone groups is 1. The number of alkyl halides is 3. The lowest BCUT2D eigenvalue weighted by Crippen LogP contribution is -2.31. The molecule has 1 N–H and O–H groups in total. The molecule has 43 heavy (non-hydrogen) atoms. The minimum atomic E-state index is -4.77. The maximum Gasteiger partial charge on any atom is 0.573 e. The molecule has 0 radical (unpaired) electrons. The number of nitrogens with one attached hydrogen (secondary N) is 1. The summed E-state index contributed by atoms with van der Waals surface area (Å²) < 4.78 is 47.6. The van der Waals surface area contributed by atoms with Crippen molar-refractivity contribution in [3.63, 3.8) is 0 Å². The van der Waals surface area contributed by atoms with Crippen LogP contribution < -0.4 is 19.8 Å². The summed E-state index contributed by atoms with van der Waals surface area (Å²) in [5, 5.41) is 8.55. The first-order valence-electron chi connectivity index (χ1n) is 12.5. The van der Waals surface area contributed by atoms with E-state index in [1.807, 2.05) is 6.92 Å². The molecule has 0 saturated carbocycles. The van der Waals surface area contributed by atoms with Crippen molar-refractivity contribution in [1.82, 2.24) is 20.2 Å². The zero-order valence-electron chi connectivity index (χ0n) is 22.6. The monoisotopic (exact) mass is 609 g/mol. The lowest BCUT2D eigenvalue weighted by atomic mass is 10.1. The number of aliphatic imine (C=N–C) groups is 1. The van der Waals surface area contributed by atoms with E-state index in [0.29, 0.717) is 34.1 Å². The van der Waals surface area contributed by atoms with Crippen LogP contribution in [-0.2, 0) is 4.79 Å². The van der Waals surface area contributed by atoms with Gasteiger partial charge >= 0.3 is 12.4 Å². The van der Waals surface area contributed by atoms with Crippen LogP contribution in [0.25, 0.3) is 17.1 Å². The van der Waals surface area contributed by atoms with Gasteiger partial charge < -0.3 is 9.47 Å². The number of halogens is 3. The molecule has 0 aliphatic carbocycles. The van der Waals surface area contributed by atoms with Crippen molar-refractivity contribution in [2.75, 3.05) is 17.8 Å². The van der Waals surface area contributed by atoms with E-state index >= 15 is 0 Å². The fraction of sp³-hybridized carbons (Fsp3) is 0.143. The van der Waals surface area contributed by atoms with E-state index in [1.54, 1.807) is 49.6 Å². The summed E-state index contributed by atoms with van der Waals surface area (Å²) in [7, 11) is 1.55. The highest BCUT2D eigenvalue weighted by molar-refractivity contribution is 8.15. The van der Waals surface area contributed by atoms with Crippen LogP contribution >= 0.6 is 11.8 Å². The normalized spacial score (nSPS) is 14.5. The summed E-state index contributed by atoms with van der Waals surface area (Å²) in [6.45, 7) is 1.84. The molecular weight excluding hydrogens is 587 g/mol. The molecule has 1 fully saturated rings. The fourth-order valence-corrected chi connectivity index (χ4v) is 4.86. The van der Waals surface area contributed by atoms with Gasteiger partial charge in [0.1, 0.15) is 17.8 Å². The summed E-state index contributed by atoms with van der Waals surface area (Å²) in [5.41, 5.74) is 5.58. The van der Waals surface area contributed by atoms with Crippen molar-refractivity contribution < 1.29 is 32.2 Å². The van der Waals surface area contributed by atoms with Crippen LogP contribution in [0.1, 0.15) is 11.1 Å². The third kappa shape index (κ3) is 7.19. The van der Waals surface area contributed by atoms with E-state index in [9.17, 15) is 22.8 Å². The molecule has 0 spiro atoms. The number of amidine groups is 1. The van der Waals surface area contributed by atoms with Gasteiger partial charge in [0.05, 0.1) is 30.5 Å². The SMILES string of the molecule is COc1ccc(N2C(=O)CSC2=NC(=O)N/N=C/c2ccc(-c3ncn(-c4ccc(OC(F)(F)F)cc4)n3)cc2)c(C)c1. The molecule has 1 aliphatic heterocycles. The zero-order valence-corrected chi connectivity index (χ0v) is 23.4. The molecule has 11 nitrogen and oxygen atoms in total. The molecule has 220 valence electrons. The Bertz CT molecular complexity index is 1700. The van der Waals surface area contributed by atoms with Gasteiger partial charge in [-0.2, -0.15) is 10.1 Å². The number of carbonyl (C=O) groups excluding carboxylic acids is 2. The summed E-state index contributed by atoms with van der Waals surface area (Å²) in [4.78, 5) is 34.6. The van der Waals surface area contributed by atoms with Gasteiger partial charge in [0.15, 0.2) is 11.0 Å². The van der Waals surface area contributed by atoms with Crippen LogP contribution in [0.3, 0.4) is 0 Å². The number of nitrogens with zero attached hydrogens (tertiary/aromatic N) is 6. The Morgan fingerprint density at radius 3 is 2.47 bits per heavy atom. The fourth-order valence-electron chi connectivity index (χ4n) is 4.00. The number of ether oxygens (including phenoxy) is 2. The number of aromatic nitrogens is 3. The maximum atomic E-state index is 12.5. The van der Waals surface area contributed by atoms with E-state index in [1.165, 1.54) is 46.4 Å². The summed E-state index contributed by atoms with van der Waals surface area (Å²) in [6, 6.07) is 16.7. The third-order valence-corrected chi connectivity index (χ3v) is 6.90. The zero-order chi connectivity index (χ0) is 30.6. The Balaban J connectivity index is 1.20. The van der Waals surface area contributed by atoms with Gasteiger partial charge in [-0.15, -0.1) is 18.3 Å². The van der Waals surface area contributed by atoms with Crippen LogP contribution in [0, 0.1) is 6.92 Å². The molecule has 15 heteroatoms. The number of hydrogen-bond donors (Lipinski definition) is 1. The van der Waals surface area contributed by atoms with Crippen molar-refractivity contribution in [3.8, 4) is 28.6 Å². The maximum absolute atomic E-state index is 12.5. The molecule has 5 rings (SSSR count). The van der Waals surface area contributed by atoms with Crippen molar-refractivity contribution in [1.29, 1.82) is 0 Å². The lowest BCUT2D eigenvalue weighted by molar-refractivity contribution is -0.274. The highest BCUT2D eigenvalue weighted by atomic mass is 32.2. The molecule has 1 aliphatic rings. The highest BCUT2D eigenvalue weighted by Crippen LogP contribution is 2.31. The minimum absolute atomic E-state index is 0.156. The predicted molar refractivity (Wildman–Crippen MR) is 155 cm³/mol. The van der Waals surface area contributed by atoms with Crippen molar-refractivity contribution >= 4 is 40.8 Å². The molecule has 3 amide bonds. The van der Waals surface area contributed by atoms with Crippen molar-refractivity contribution in [2.45, 2.75) is 13.3 Å². The Labute approximate surface area is 247 Å². The van der Waals surface area contributed by atoms with Gasteiger partial charge in [-0.05, 0) is 60.5 Å². The van der Waals surface area contributed by atoms with E-state index in [-0.39, 0.29) is 22.6 Å². The van der Waals surface area contributed by atoms with Crippen molar-refractivity contribution in [3.05, 3.63) is 84.2 Å². The number of anilines is 1. The van der Waals surface area contributed by atoms with Gasteiger partial charge in [-0.3, -0.25) is 9.69 Å². The molecule has 0 atom stereocenters. The lowest BCUT2D eigenvalue weighted by Gasteiger charge is -2.18. The Kier molecular flexibility index (Phi) is 8.43. The minimum Gasteiger partial charge on any atom is -0.497 e. The van der Waals surface area contributed by atoms with Gasteiger partial charge in [0.2, 0.25) is 5.91 Å². The molecule has 1 aromatic heterocycles. The first-order valence-corrected chi connectivity index (χ1v) is 13.5. The molecular formula is C28H22F3N7O4S. The van der Waals surface area contributed by atoms with E-state index in [0.717, 1.165) is 17.3 Å². The Morgan fingerprint density at radius 2 is 1.79 bits per heavy atom. The quantitative estimate of drug-likeness (QED) is 0.222. The predicted octanol–water partition coefficient (Wildman–Crippen LogP) is 5.33. The van der Waals surface area contributed by atoms with E-state index in [4.69, 9.17) is 4.74 Å². The van der Waals surface area contributed by atoms with Crippen LogP contribution in [0.15, 0.2) is 83.2 Å². The smallest absolute Gasteiger partial charge is 0.497 e. The first-order chi connectivity index (χ1) is 20.6. The second-order valence-electron chi connectivity index (χ2n) is 8.92. The van der Waals surface area contributed by atoms with Crippen LogP contribution in [0.2, 0.25) is 0 Å². The average molecular weight is 610 g/mol. The van der Waals surface area contributed by atoms with Crippen LogP contribution in [-0.4, -0.2) is 57.3 Å². The number of aryl methyl sites for hydroxylation is 1. The summed E-state index contributed by atoms with van der Waals surface area (Å²) in [5.74, 6) is 0.668. The number of carbonyl (C=O) groups is 2. The number of rotatable bonds is 7. The second-order valence-corrected chi connectivity index (χ2v) is 9.86. The number of urea groups is 1.